The Labute approximate surface area is 157 Å². The van der Waals surface area contributed by atoms with Crippen molar-refractivity contribution in [2.24, 2.45) is 0 Å². The first-order chi connectivity index (χ1) is 13.2. The number of rotatable bonds is 7. The number of nitrogens with zero attached hydrogens (tertiary/aromatic N) is 3. The van der Waals surface area contributed by atoms with Crippen molar-refractivity contribution in [1.82, 2.24) is 9.97 Å². The Morgan fingerprint density at radius 1 is 1.00 bits per heavy atom. The number of nitriles is 1. The number of anilines is 2. The minimum absolute atomic E-state index is 0.296. The van der Waals surface area contributed by atoms with Gasteiger partial charge in [-0.2, -0.15) is 5.26 Å². The molecule has 2 N–H and O–H groups in total. The van der Waals surface area contributed by atoms with Crippen molar-refractivity contribution in [3.8, 4) is 6.07 Å². The van der Waals surface area contributed by atoms with Gasteiger partial charge in [0.2, 0.25) is 5.95 Å². The average molecular weight is 357 g/mol. The zero-order chi connectivity index (χ0) is 18.9. The fourth-order valence-corrected chi connectivity index (χ4v) is 2.51. The smallest absolute Gasteiger partial charge is 0.258 e. The van der Waals surface area contributed by atoms with Crippen molar-refractivity contribution in [2.75, 3.05) is 17.2 Å². The molecule has 27 heavy (non-hydrogen) atoms. The SMILES string of the molecule is N#Cc1ccc(NC(=O)c2cnc(NCCCc3ccccc3)nc2)cc1. The fourth-order valence-electron chi connectivity index (χ4n) is 2.51. The van der Waals surface area contributed by atoms with Gasteiger partial charge in [-0.15, -0.1) is 0 Å². The number of hydrogen-bond acceptors (Lipinski definition) is 5. The van der Waals surface area contributed by atoms with Crippen molar-refractivity contribution in [3.63, 3.8) is 0 Å². The van der Waals surface area contributed by atoms with E-state index in [1.54, 1.807) is 24.3 Å². The second kappa shape index (κ2) is 9.11. The number of aromatic nitrogens is 2. The van der Waals surface area contributed by atoms with Crippen molar-refractivity contribution >= 4 is 17.5 Å². The number of amides is 1. The van der Waals surface area contributed by atoms with Crippen LogP contribution in [0.25, 0.3) is 0 Å². The van der Waals surface area contributed by atoms with E-state index in [0.29, 0.717) is 22.8 Å². The molecule has 0 saturated carbocycles. The summed E-state index contributed by atoms with van der Waals surface area (Å²) >= 11 is 0. The molecule has 3 aromatic rings. The lowest BCUT2D eigenvalue weighted by Crippen LogP contribution is -2.13. The lowest BCUT2D eigenvalue weighted by Gasteiger charge is -2.07. The molecule has 1 heterocycles. The molecule has 0 aliphatic rings. The normalized spacial score (nSPS) is 10.0. The summed E-state index contributed by atoms with van der Waals surface area (Å²) in [6, 6.07) is 19.0. The predicted octanol–water partition coefficient (Wildman–Crippen LogP) is 3.65. The third-order valence-electron chi connectivity index (χ3n) is 3.95. The van der Waals surface area contributed by atoms with Gasteiger partial charge in [0, 0.05) is 24.6 Å². The molecular formula is C21H19N5O. The van der Waals surface area contributed by atoms with Gasteiger partial charge in [-0.1, -0.05) is 30.3 Å². The van der Waals surface area contributed by atoms with E-state index in [0.717, 1.165) is 19.4 Å². The highest BCUT2D eigenvalue weighted by Gasteiger charge is 2.08. The maximum absolute atomic E-state index is 12.2. The Bertz CT molecular complexity index is 916. The van der Waals surface area contributed by atoms with Gasteiger partial charge < -0.3 is 10.6 Å². The number of hydrogen-bond donors (Lipinski definition) is 2. The van der Waals surface area contributed by atoms with E-state index in [1.165, 1.54) is 18.0 Å². The van der Waals surface area contributed by atoms with E-state index in [9.17, 15) is 4.79 Å². The fraction of sp³-hybridized carbons (Fsp3) is 0.143. The monoisotopic (exact) mass is 357 g/mol. The zero-order valence-electron chi connectivity index (χ0n) is 14.7. The molecule has 3 rings (SSSR count). The largest absolute Gasteiger partial charge is 0.354 e. The van der Waals surface area contributed by atoms with Gasteiger partial charge in [-0.05, 0) is 42.7 Å². The molecule has 1 aromatic heterocycles. The van der Waals surface area contributed by atoms with Gasteiger partial charge in [0.05, 0.1) is 17.2 Å². The maximum atomic E-state index is 12.2. The average Bonchev–Trinajstić information content (AvgIpc) is 2.73. The first-order valence-corrected chi connectivity index (χ1v) is 8.66. The Hall–Kier alpha value is -3.72. The Balaban J connectivity index is 1.47. The quantitative estimate of drug-likeness (QED) is 0.630. The van der Waals surface area contributed by atoms with Crippen molar-refractivity contribution in [1.29, 1.82) is 5.26 Å². The second-order valence-electron chi connectivity index (χ2n) is 5.95. The molecule has 0 aliphatic heterocycles. The molecule has 2 aromatic carbocycles. The molecule has 0 spiro atoms. The van der Waals surface area contributed by atoms with E-state index >= 15 is 0 Å². The van der Waals surface area contributed by atoms with Gasteiger partial charge in [0.25, 0.3) is 5.91 Å². The molecule has 6 nitrogen and oxygen atoms in total. The van der Waals surface area contributed by atoms with Crippen LogP contribution in [0.3, 0.4) is 0 Å². The van der Waals surface area contributed by atoms with E-state index in [1.807, 2.05) is 24.3 Å². The standard InChI is InChI=1S/C21H19N5O/c22-13-17-8-10-19(11-9-17)26-20(27)18-14-24-21(25-15-18)23-12-4-7-16-5-2-1-3-6-16/h1-3,5-6,8-11,14-15H,4,7,12H2,(H,26,27)(H,23,24,25). The predicted molar refractivity (Wildman–Crippen MR) is 104 cm³/mol. The first-order valence-electron chi connectivity index (χ1n) is 8.66. The summed E-state index contributed by atoms with van der Waals surface area (Å²) in [5.41, 5.74) is 2.82. The van der Waals surface area contributed by atoms with Crippen LogP contribution in [0.15, 0.2) is 67.0 Å². The minimum Gasteiger partial charge on any atom is -0.354 e. The summed E-state index contributed by atoms with van der Waals surface area (Å²) in [7, 11) is 0. The van der Waals surface area contributed by atoms with Crippen LogP contribution in [0.2, 0.25) is 0 Å². The molecule has 0 atom stereocenters. The highest BCUT2D eigenvalue weighted by molar-refractivity contribution is 6.03. The molecular weight excluding hydrogens is 338 g/mol. The Morgan fingerprint density at radius 2 is 1.70 bits per heavy atom. The van der Waals surface area contributed by atoms with E-state index in [-0.39, 0.29) is 5.91 Å². The Kier molecular flexibility index (Phi) is 6.10. The second-order valence-corrected chi connectivity index (χ2v) is 5.95. The summed E-state index contributed by atoms with van der Waals surface area (Å²) in [6.07, 6.45) is 4.93. The molecule has 0 saturated heterocycles. The van der Waals surface area contributed by atoms with Gasteiger partial charge >= 0.3 is 0 Å². The van der Waals surface area contributed by atoms with E-state index in [4.69, 9.17) is 5.26 Å². The molecule has 6 heteroatoms. The van der Waals surface area contributed by atoms with Crippen LogP contribution in [-0.2, 0) is 6.42 Å². The number of aryl methyl sites for hydroxylation is 1. The summed E-state index contributed by atoms with van der Waals surface area (Å²) < 4.78 is 0. The maximum Gasteiger partial charge on any atom is 0.258 e. The summed E-state index contributed by atoms with van der Waals surface area (Å²) in [5, 5.41) is 14.7. The van der Waals surface area contributed by atoms with Crippen LogP contribution in [-0.4, -0.2) is 22.4 Å². The molecule has 0 fully saturated rings. The molecule has 0 bridgehead atoms. The van der Waals surface area contributed by atoms with Crippen LogP contribution in [0.5, 0.6) is 0 Å². The topological polar surface area (TPSA) is 90.7 Å². The summed E-state index contributed by atoms with van der Waals surface area (Å²) in [4.78, 5) is 20.6. The summed E-state index contributed by atoms with van der Waals surface area (Å²) in [6.45, 7) is 0.756. The molecule has 1 amide bonds. The van der Waals surface area contributed by atoms with Crippen LogP contribution in [0.1, 0.15) is 27.9 Å². The van der Waals surface area contributed by atoms with Crippen LogP contribution in [0.4, 0.5) is 11.6 Å². The highest BCUT2D eigenvalue weighted by atomic mass is 16.1. The zero-order valence-corrected chi connectivity index (χ0v) is 14.7. The van der Waals surface area contributed by atoms with Gasteiger partial charge in [-0.25, -0.2) is 9.97 Å². The van der Waals surface area contributed by atoms with Crippen molar-refractivity contribution < 1.29 is 4.79 Å². The van der Waals surface area contributed by atoms with Crippen molar-refractivity contribution in [3.05, 3.63) is 83.7 Å². The molecule has 134 valence electrons. The third kappa shape index (κ3) is 5.38. The number of carbonyl (C=O) groups is 1. The van der Waals surface area contributed by atoms with Crippen LogP contribution < -0.4 is 10.6 Å². The molecule has 0 radical (unpaired) electrons. The van der Waals surface area contributed by atoms with Crippen LogP contribution >= 0.6 is 0 Å². The molecule has 0 aliphatic carbocycles. The number of benzene rings is 2. The Morgan fingerprint density at radius 3 is 2.37 bits per heavy atom. The van der Waals surface area contributed by atoms with Gasteiger partial charge in [0.15, 0.2) is 0 Å². The minimum atomic E-state index is -0.296. The summed E-state index contributed by atoms with van der Waals surface area (Å²) in [5.74, 6) is 0.202. The first kappa shape index (κ1) is 18.1. The highest BCUT2D eigenvalue weighted by Crippen LogP contribution is 2.11. The number of carbonyl (C=O) groups excluding carboxylic acids is 1. The van der Waals surface area contributed by atoms with Gasteiger partial charge in [0.1, 0.15) is 0 Å². The third-order valence-corrected chi connectivity index (χ3v) is 3.95. The van der Waals surface area contributed by atoms with Gasteiger partial charge in [-0.3, -0.25) is 4.79 Å². The van der Waals surface area contributed by atoms with E-state index < -0.39 is 0 Å². The lowest BCUT2D eigenvalue weighted by atomic mass is 10.1. The lowest BCUT2D eigenvalue weighted by molar-refractivity contribution is 0.102. The number of nitrogens with one attached hydrogen (secondary N) is 2. The van der Waals surface area contributed by atoms with Crippen molar-refractivity contribution in [2.45, 2.75) is 12.8 Å². The van der Waals surface area contributed by atoms with E-state index in [2.05, 4.69) is 32.7 Å². The molecule has 0 unspecified atom stereocenters. The van der Waals surface area contributed by atoms with Crippen LogP contribution in [0, 0.1) is 11.3 Å².